The minimum absolute atomic E-state index is 0. The molecule has 0 aliphatic rings. The Labute approximate surface area is 177 Å². The van der Waals surface area contributed by atoms with Crippen LogP contribution in [0.1, 0.15) is 104 Å². The number of esters is 1. The molecule has 166 valence electrons. The van der Waals surface area contributed by atoms with Gasteiger partial charge in [-0.1, -0.05) is 64.7 Å². The highest BCUT2D eigenvalue weighted by molar-refractivity contribution is 5.84. The first-order valence-electron chi connectivity index (χ1n) is 10.8. The van der Waals surface area contributed by atoms with Gasteiger partial charge in [-0.25, -0.2) is 4.79 Å². The summed E-state index contributed by atoms with van der Waals surface area (Å²) in [6.07, 6.45) is 13.8. The average Bonchev–Trinajstić information content (AvgIpc) is 2.62. The van der Waals surface area contributed by atoms with E-state index in [0.29, 0.717) is 25.9 Å². The molecule has 7 heteroatoms. The Kier molecular flexibility index (Phi) is 21.1. The predicted octanol–water partition coefficient (Wildman–Crippen LogP) is 1.46. The van der Waals surface area contributed by atoms with Crippen molar-refractivity contribution in [2.75, 3.05) is 6.61 Å². The molecular formula is C21H41ClN3O3-. The minimum Gasteiger partial charge on any atom is -1.00 e. The number of hydrogen-bond acceptors (Lipinski definition) is 4. The van der Waals surface area contributed by atoms with Gasteiger partial charge in [-0.2, -0.15) is 0 Å². The highest BCUT2D eigenvalue weighted by atomic mass is 35.5. The molecule has 0 aliphatic carbocycles. The zero-order chi connectivity index (χ0) is 20.3. The van der Waals surface area contributed by atoms with Gasteiger partial charge in [0.15, 0.2) is 0 Å². The molecule has 4 N–H and O–H groups in total. The SMILES string of the molecule is CCCCCCCCCCCC(=O)NC(CCCCC(=N)N)C(=O)OCC.[Cl-]. The second kappa shape index (κ2) is 20.4. The standard InChI is InChI=1S/C21H41N3O3.ClH/c1-3-5-6-7-8-9-10-11-12-17-20(25)24-18(21(26)27-4-2)15-13-14-16-19(22)23;/h18H,3-17H2,1-2H3,(H3,22,23)(H,24,25);1H/p-1. The number of nitrogens with two attached hydrogens (primary N) is 1. The summed E-state index contributed by atoms with van der Waals surface area (Å²) in [5.74, 6) is -0.305. The fourth-order valence-electron chi connectivity index (χ4n) is 3.02. The van der Waals surface area contributed by atoms with E-state index in [9.17, 15) is 9.59 Å². The van der Waals surface area contributed by atoms with Crippen LogP contribution in [0.25, 0.3) is 0 Å². The van der Waals surface area contributed by atoms with Crippen LogP contribution in [0, 0.1) is 5.41 Å². The lowest BCUT2D eigenvalue weighted by molar-refractivity contribution is -0.147. The van der Waals surface area contributed by atoms with Gasteiger partial charge in [0.05, 0.1) is 12.4 Å². The molecule has 0 aromatic heterocycles. The molecule has 0 radical (unpaired) electrons. The summed E-state index contributed by atoms with van der Waals surface area (Å²) in [5.41, 5.74) is 5.34. The number of carbonyl (C=O) groups excluding carboxylic acids is 2. The quantitative estimate of drug-likeness (QED) is 0.135. The Morgan fingerprint density at radius 2 is 1.43 bits per heavy atom. The summed E-state index contributed by atoms with van der Waals surface area (Å²) in [5, 5.41) is 10.0. The van der Waals surface area contributed by atoms with Crippen LogP contribution in [0.15, 0.2) is 0 Å². The van der Waals surface area contributed by atoms with Crippen LogP contribution in [-0.2, 0) is 14.3 Å². The Morgan fingerprint density at radius 1 is 0.893 bits per heavy atom. The van der Waals surface area contributed by atoms with Gasteiger partial charge in [-0.05, 0) is 26.2 Å². The van der Waals surface area contributed by atoms with Crippen LogP contribution in [0.4, 0.5) is 0 Å². The molecule has 0 spiro atoms. The highest BCUT2D eigenvalue weighted by Gasteiger charge is 2.21. The van der Waals surface area contributed by atoms with Crippen LogP contribution in [0.3, 0.4) is 0 Å². The van der Waals surface area contributed by atoms with Crippen LogP contribution in [0.2, 0.25) is 0 Å². The first-order valence-corrected chi connectivity index (χ1v) is 10.8. The van der Waals surface area contributed by atoms with E-state index in [1.807, 2.05) is 0 Å². The normalized spacial score (nSPS) is 11.4. The Hall–Kier alpha value is -1.30. The Morgan fingerprint density at radius 3 is 1.96 bits per heavy atom. The van der Waals surface area contributed by atoms with Gasteiger partial charge in [0.2, 0.25) is 5.91 Å². The number of amidine groups is 1. The molecule has 0 bridgehead atoms. The molecule has 1 atom stereocenters. The van der Waals surface area contributed by atoms with Crippen molar-refractivity contribution >= 4 is 17.7 Å². The number of carbonyl (C=O) groups is 2. The Bertz CT molecular complexity index is 420. The molecule has 0 aromatic carbocycles. The van der Waals surface area contributed by atoms with Crippen molar-refractivity contribution in [2.45, 2.75) is 110 Å². The smallest absolute Gasteiger partial charge is 0.328 e. The van der Waals surface area contributed by atoms with Crippen molar-refractivity contribution in [1.82, 2.24) is 5.32 Å². The summed E-state index contributed by atoms with van der Waals surface area (Å²) in [6.45, 7) is 4.29. The summed E-state index contributed by atoms with van der Waals surface area (Å²) in [7, 11) is 0. The lowest BCUT2D eigenvalue weighted by Gasteiger charge is -2.17. The van der Waals surface area contributed by atoms with E-state index in [-0.39, 0.29) is 30.1 Å². The third-order valence-electron chi connectivity index (χ3n) is 4.60. The Balaban J connectivity index is 0. The molecule has 1 unspecified atom stereocenters. The maximum Gasteiger partial charge on any atom is 0.328 e. The summed E-state index contributed by atoms with van der Waals surface area (Å²) >= 11 is 0. The predicted molar refractivity (Wildman–Crippen MR) is 111 cm³/mol. The molecule has 0 rings (SSSR count). The van der Waals surface area contributed by atoms with E-state index in [1.165, 1.54) is 44.9 Å². The van der Waals surface area contributed by atoms with Crippen LogP contribution < -0.4 is 23.5 Å². The molecule has 28 heavy (non-hydrogen) atoms. The summed E-state index contributed by atoms with van der Waals surface area (Å²) in [6, 6.07) is -0.594. The van der Waals surface area contributed by atoms with Gasteiger partial charge in [-0.3, -0.25) is 10.2 Å². The molecule has 0 fully saturated rings. The maximum atomic E-state index is 12.1. The number of amides is 1. The number of halogens is 1. The van der Waals surface area contributed by atoms with E-state index in [4.69, 9.17) is 15.9 Å². The zero-order valence-corrected chi connectivity index (χ0v) is 18.6. The van der Waals surface area contributed by atoms with Gasteiger partial charge in [0.1, 0.15) is 6.04 Å². The highest BCUT2D eigenvalue weighted by Crippen LogP contribution is 2.11. The van der Waals surface area contributed by atoms with Crippen molar-refractivity contribution in [2.24, 2.45) is 5.73 Å². The molecule has 1 amide bonds. The minimum atomic E-state index is -0.594. The molecule has 0 saturated carbocycles. The topological polar surface area (TPSA) is 105 Å². The lowest BCUT2D eigenvalue weighted by atomic mass is 10.1. The third kappa shape index (κ3) is 18.1. The van der Waals surface area contributed by atoms with E-state index < -0.39 is 6.04 Å². The van der Waals surface area contributed by atoms with Gasteiger partial charge >= 0.3 is 5.97 Å². The molecule has 0 aromatic rings. The summed E-state index contributed by atoms with van der Waals surface area (Å²) < 4.78 is 5.06. The van der Waals surface area contributed by atoms with Crippen LogP contribution in [-0.4, -0.2) is 30.4 Å². The number of nitrogens with one attached hydrogen (secondary N) is 2. The number of unbranched alkanes of at least 4 members (excludes halogenated alkanes) is 9. The van der Waals surface area contributed by atoms with E-state index in [0.717, 1.165) is 25.7 Å². The van der Waals surface area contributed by atoms with Crippen molar-refractivity contribution in [3.05, 3.63) is 0 Å². The largest absolute Gasteiger partial charge is 1.00 e. The second-order valence-corrected chi connectivity index (χ2v) is 7.22. The first kappa shape index (κ1) is 28.9. The number of rotatable bonds is 18. The van der Waals surface area contributed by atoms with Crippen molar-refractivity contribution in [1.29, 1.82) is 5.41 Å². The monoisotopic (exact) mass is 418 g/mol. The molecule has 0 heterocycles. The molecule has 6 nitrogen and oxygen atoms in total. The third-order valence-corrected chi connectivity index (χ3v) is 4.60. The lowest BCUT2D eigenvalue weighted by Crippen LogP contribution is -3.00. The molecular weight excluding hydrogens is 378 g/mol. The van der Waals surface area contributed by atoms with Crippen molar-refractivity contribution in [3.8, 4) is 0 Å². The molecule has 0 saturated heterocycles. The van der Waals surface area contributed by atoms with Gasteiger partial charge in [-0.15, -0.1) is 0 Å². The van der Waals surface area contributed by atoms with Gasteiger partial charge in [0.25, 0.3) is 0 Å². The van der Waals surface area contributed by atoms with E-state index in [2.05, 4.69) is 12.2 Å². The molecule has 0 aliphatic heterocycles. The van der Waals surface area contributed by atoms with E-state index >= 15 is 0 Å². The fourth-order valence-corrected chi connectivity index (χ4v) is 3.02. The second-order valence-electron chi connectivity index (χ2n) is 7.22. The maximum absolute atomic E-state index is 12.1. The van der Waals surface area contributed by atoms with Gasteiger partial charge in [0, 0.05) is 12.8 Å². The van der Waals surface area contributed by atoms with Crippen LogP contribution >= 0.6 is 0 Å². The van der Waals surface area contributed by atoms with Crippen molar-refractivity contribution in [3.63, 3.8) is 0 Å². The summed E-state index contributed by atoms with van der Waals surface area (Å²) in [4.78, 5) is 24.2. The fraction of sp³-hybridized carbons (Fsp3) is 0.857. The van der Waals surface area contributed by atoms with Crippen molar-refractivity contribution < 1.29 is 26.7 Å². The zero-order valence-electron chi connectivity index (χ0n) is 17.9. The average molecular weight is 419 g/mol. The number of ether oxygens (including phenoxy) is 1. The van der Waals surface area contributed by atoms with Gasteiger partial charge < -0.3 is 28.2 Å². The van der Waals surface area contributed by atoms with E-state index in [1.54, 1.807) is 6.92 Å². The van der Waals surface area contributed by atoms with Crippen LogP contribution in [0.5, 0.6) is 0 Å². The number of hydrogen-bond donors (Lipinski definition) is 3. The first-order chi connectivity index (χ1) is 13.0.